The van der Waals surface area contributed by atoms with Crippen molar-refractivity contribution in [1.82, 2.24) is 0 Å². The standard InChI is InChI=1S/C12H16ClF2N/c1-2-3-4-5-10(16)11-8(14)6-7-9(15)12(11)13/h6-7,10H,2-5,16H2,1H3/t10-/m0/s1. The molecular weight excluding hydrogens is 232 g/mol. The maximum Gasteiger partial charge on any atom is 0.142 e. The van der Waals surface area contributed by atoms with Crippen LogP contribution in [0.15, 0.2) is 12.1 Å². The number of hydrogen-bond donors (Lipinski definition) is 1. The lowest BCUT2D eigenvalue weighted by Gasteiger charge is -2.14. The molecule has 0 aliphatic rings. The molecule has 2 N–H and O–H groups in total. The van der Waals surface area contributed by atoms with Crippen molar-refractivity contribution >= 4 is 11.6 Å². The Hall–Kier alpha value is -0.670. The molecular formula is C12H16ClF2N. The molecule has 0 amide bonds. The second kappa shape index (κ2) is 6.16. The van der Waals surface area contributed by atoms with E-state index >= 15 is 0 Å². The van der Waals surface area contributed by atoms with Crippen LogP contribution in [0, 0.1) is 11.6 Å². The molecule has 0 saturated heterocycles. The Labute approximate surface area is 99.6 Å². The van der Waals surface area contributed by atoms with Crippen LogP contribution in [0.1, 0.15) is 44.2 Å². The molecule has 0 unspecified atom stereocenters. The predicted molar refractivity (Wildman–Crippen MR) is 62.4 cm³/mol. The molecule has 4 heteroatoms. The summed E-state index contributed by atoms with van der Waals surface area (Å²) < 4.78 is 26.6. The minimum Gasteiger partial charge on any atom is -0.324 e. The normalized spacial score (nSPS) is 12.8. The van der Waals surface area contributed by atoms with Crippen molar-refractivity contribution in [3.05, 3.63) is 34.4 Å². The first-order chi connectivity index (χ1) is 7.57. The Morgan fingerprint density at radius 1 is 1.25 bits per heavy atom. The lowest BCUT2D eigenvalue weighted by Crippen LogP contribution is -2.13. The first-order valence-electron chi connectivity index (χ1n) is 5.46. The largest absolute Gasteiger partial charge is 0.324 e. The van der Waals surface area contributed by atoms with Crippen molar-refractivity contribution in [3.8, 4) is 0 Å². The third kappa shape index (κ3) is 3.16. The number of unbranched alkanes of at least 4 members (excludes halogenated alkanes) is 2. The molecule has 1 aromatic rings. The third-order valence-electron chi connectivity index (χ3n) is 2.57. The summed E-state index contributed by atoms with van der Waals surface area (Å²) in [6, 6.07) is 1.55. The smallest absolute Gasteiger partial charge is 0.142 e. The summed E-state index contributed by atoms with van der Waals surface area (Å²) in [7, 11) is 0. The van der Waals surface area contributed by atoms with Crippen molar-refractivity contribution < 1.29 is 8.78 Å². The van der Waals surface area contributed by atoms with Gasteiger partial charge in [0.15, 0.2) is 0 Å². The van der Waals surface area contributed by atoms with E-state index in [0.717, 1.165) is 31.4 Å². The van der Waals surface area contributed by atoms with Crippen LogP contribution in [0.4, 0.5) is 8.78 Å². The van der Waals surface area contributed by atoms with Crippen LogP contribution in [-0.4, -0.2) is 0 Å². The van der Waals surface area contributed by atoms with Gasteiger partial charge in [-0.05, 0) is 18.6 Å². The molecule has 0 aliphatic heterocycles. The van der Waals surface area contributed by atoms with Crippen LogP contribution in [0.3, 0.4) is 0 Å². The maximum absolute atomic E-state index is 13.5. The quantitative estimate of drug-likeness (QED) is 0.613. The van der Waals surface area contributed by atoms with Crippen molar-refractivity contribution in [2.75, 3.05) is 0 Å². The van der Waals surface area contributed by atoms with E-state index in [-0.39, 0.29) is 10.6 Å². The first kappa shape index (κ1) is 13.4. The van der Waals surface area contributed by atoms with Crippen LogP contribution in [0.2, 0.25) is 5.02 Å². The SMILES string of the molecule is CCCCC[C@H](N)c1c(F)ccc(F)c1Cl. The van der Waals surface area contributed by atoms with E-state index in [9.17, 15) is 8.78 Å². The van der Waals surface area contributed by atoms with Gasteiger partial charge in [-0.25, -0.2) is 8.78 Å². The highest BCUT2D eigenvalue weighted by Crippen LogP contribution is 2.29. The summed E-state index contributed by atoms with van der Waals surface area (Å²) in [4.78, 5) is 0. The van der Waals surface area contributed by atoms with Crippen LogP contribution in [0.5, 0.6) is 0 Å². The molecule has 0 heterocycles. The van der Waals surface area contributed by atoms with E-state index in [2.05, 4.69) is 6.92 Å². The maximum atomic E-state index is 13.5. The Morgan fingerprint density at radius 3 is 2.50 bits per heavy atom. The highest BCUT2D eigenvalue weighted by molar-refractivity contribution is 6.31. The lowest BCUT2D eigenvalue weighted by atomic mass is 10.0. The van der Waals surface area contributed by atoms with E-state index < -0.39 is 17.7 Å². The van der Waals surface area contributed by atoms with E-state index in [1.807, 2.05) is 0 Å². The van der Waals surface area contributed by atoms with Crippen molar-refractivity contribution in [2.45, 2.75) is 38.6 Å². The monoisotopic (exact) mass is 247 g/mol. The molecule has 0 aromatic heterocycles. The summed E-state index contributed by atoms with van der Waals surface area (Å²) in [5, 5.41) is -0.191. The van der Waals surface area contributed by atoms with Crippen LogP contribution < -0.4 is 5.73 Å². The summed E-state index contributed by atoms with van der Waals surface area (Å²) in [6.45, 7) is 2.07. The first-order valence-corrected chi connectivity index (χ1v) is 5.84. The topological polar surface area (TPSA) is 26.0 Å². The van der Waals surface area contributed by atoms with Gasteiger partial charge in [-0.1, -0.05) is 37.8 Å². The van der Waals surface area contributed by atoms with Crippen LogP contribution in [-0.2, 0) is 0 Å². The zero-order valence-corrected chi connectivity index (χ0v) is 10.0. The van der Waals surface area contributed by atoms with Gasteiger partial charge in [0, 0.05) is 11.6 Å². The fourth-order valence-corrected chi connectivity index (χ4v) is 1.93. The second-order valence-electron chi connectivity index (χ2n) is 3.86. The van der Waals surface area contributed by atoms with Gasteiger partial charge in [0.2, 0.25) is 0 Å². The van der Waals surface area contributed by atoms with Gasteiger partial charge >= 0.3 is 0 Å². The molecule has 0 radical (unpaired) electrons. The van der Waals surface area contributed by atoms with E-state index in [1.54, 1.807) is 0 Å². The predicted octanol–water partition coefficient (Wildman–Crippen LogP) is 4.20. The van der Waals surface area contributed by atoms with Gasteiger partial charge in [0.1, 0.15) is 11.6 Å². The minimum absolute atomic E-state index is 0.0952. The van der Waals surface area contributed by atoms with Crippen LogP contribution >= 0.6 is 11.6 Å². The zero-order valence-electron chi connectivity index (χ0n) is 9.27. The Morgan fingerprint density at radius 2 is 1.88 bits per heavy atom. The number of nitrogens with two attached hydrogens (primary N) is 1. The fourth-order valence-electron chi connectivity index (χ4n) is 1.64. The van der Waals surface area contributed by atoms with Gasteiger partial charge in [-0.2, -0.15) is 0 Å². The number of benzene rings is 1. The van der Waals surface area contributed by atoms with Gasteiger partial charge in [-0.3, -0.25) is 0 Å². The Bertz CT molecular complexity index is 355. The molecule has 1 atom stereocenters. The summed E-state index contributed by atoms with van der Waals surface area (Å²) in [6.07, 6.45) is 3.60. The van der Waals surface area contributed by atoms with Gasteiger partial charge in [0.05, 0.1) is 5.02 Å². The highest BCUT2D eigenvalue weighted by atomic mass is 35.5. The average molecular weight is 248 g/mol. The molecule has 90 valence electrons. The van der Waals surface area contributed by atoms with Gasteiger partial charge in [-0.15, -0.1) is 0 Å². The molecule has 0 bridgehead atoms. The minimum atomic E-state index is -0.621. The molecule has 0 saturated carbocycles. The van der Waals surface area contributed by atoms with Gasteiger partial charge < -0.3 is 5.73 Å². The molecule has 1 rings (SSSR count). The second-order valence-corrected chi connectivity index (χ2v) is 4.24. The molecule has 1 nitrogen and oxygen atoms in total. The average Bonchev–Trinajstić information content (AvgIpc) is 2.24. The van der Waals surface area contributed by atoms with E-state index in [1.165, 1.54) is 0 Å². The zero-order chi connectivity index (χ0) is 12.1. The highest BCUT2D eigenvalue weighted by Gasteiger charge is 2.17. The lowest BCUT2D eigenvalue weighted by molar-refractivity contribution is 0.529. The molecule has 0 fully saturated rings. The summed E-state index contributed by atoms with van der Waals surface area (Å²) in [5.74, 6) is -1.15. The fraction of sp³-hybridized carbons (Fsp3) is 0.500. The van der Waals surface area contributed by atoms with Crippen LogP contribution in [0.25, 0.3) is 0 Å². The third-order valence-corrected chi connectivity index (χ3v) is 2.95. The molecule has 0 aliphatic carbocycles. The van der Waals surface area contributed by atoms with Gasteiger partial charge in [0.25, 0.3) is 0 Å². The van der Waals surface area contributed by atoms with Crippen molar-refractivity contribution in [2.24, 2.45) is 5.73 Å². The molecule has 0 spiro atoms. The Kier molecular flexibility index (Phi) is 5.16. The molecule has 16 heavy (non-hydrogen) atoms. The van der Waals surface area contributed by atoms with E-state index in [4.69, 9.17) is 17.3 Å². The van der Waals surface area contributed by atoms with E-state index in [0.29, 0.717) is 6.42 Å². The number of hydrogen-bond acceptors (Lipinski definition) is 1. The number of rotatable bonds is 5. The number of halogens is 3. The summed E-state index contributed by atoms with van der Waals surface area (Å²) in [5.41, 5.74) is 5.91. The van der Waals surface area contributed by atoms with Crippen molar-refractivity contribution in [3.63, 3.8) is 0 Å². The molecule has 1 aromatic carbocycles. The van der Waals surface area contributed by atoms with Crippen molar-refractivity contribution in [1.29, 1.82) is 0 Å². The Balaban J connectivity index is 2.81. The summed E-state index contributed by atoms with van der Waals surface area (Å²) >= 11 is 5.71.